The molecule has 1 atom stereocenters. The van der Waals surface area contributed by atoms with Gasteiger partial charge in [0.25, 0.3) is 0 Å². The van der Waals surface area contributed by atoms with Crippen molar-refractivity contribution < 1.29 is 24.2 Å². The summed E-state index contributed by atoms with van der Waals surface area (Å²) in [5.74, 6) is -0.770. The maximum absolute atomic E-state index is 12.1. The first kappa shape index (κ1) is 31.3. The predicted octanol–water partition coefficient (Wildman–Crippen LogP) is 3.34. The highest BCUT2D eigenvalue weighted by Gasteiger charge is 2.18. The van der Waals surface area contributed by atoms with Crippen molar-refractivity contribution >= 4 is 17.7 Å². The number of aliphatic hydroxyl groups is 1. The van der Waals surface area contributed by atoms with Gasteiger partial charge in [-0.2, -0.15) is 0 Å². The fraction of sp³-hybridized carbons (Fsp3) is 0.880. The van der Waals surface area contributed by atoms with Crippen LogP contribution in [0.1, 0.15) is 111 Å². The molecule has 33 heavy (non-hydrogen) atoms. The summed E-state index contributed by atoms with van der Waals surface area (Å²) >= 11 is 0. The van der Waals surface area contributed by atoms with Crippen LogP contribution in [0.2, 0.25) is 0 Å². The largest absolute Gasteiger partial charge is 0.393 e. The highest BCUT2D eigenvalue weighted by Crippen LogP contribution is 2.11. The van der Waals surface area contributed by atoms with Gasteiger partial charge in [-0.15, -0.1) is 0 Å². The monoisotopic (exact) mass is 471 g/mol. The summed E-state index contributed by atoms with van der Waals surface area (Å²) in [6.07, 6.45) is 13.2. The normalized spacial score (nSPS) is 12.4. The van der Waals surface area contributed by atoms with Gasteiger partial charge < -0.3 is 26.2 Å². The number of carbonyl (C=O) groups is 3. The lowest BCUT2D eigenvalue weighted by Crippen LogP contribution is -2.44. The Bertz CT molecular complexity index is 540. The molecule has 0 radical (unpaired) electrons. The van der Waals surface area contributed by atoms with Crippen molar-refractivity contribution in [3.05, 3.63) is 0 Å². The van der Waals surface area contributed by atoms with Crippen LogP contribution in [0.5, 0.6) is 0 Å². The zero-order chi connectivity index (χ0) is 25.0. The van der Waals surface area contributed by atoms with Crippen LogP contribution in [0, 0.1) is 0 Å². The number of primary amides is 1. The molecular weight excluding hydrogens is 422 g/mol. The second-order valence-corrected chi connectivity index (χ2v) is 9.46. The average molecular weight is 472 g/mol. The lowest BCUT2D eigenvalue weighted by atomic mass is 10.1. The van der Waals surface area contributed by atoms with Gasteiger partial charge in [0.2, 0.25) is 17.7 Å². The first-order chi connectivity index (χ1) is 15.7. The highest BCUT2D eigenvalue weighted by molar-refractivity contribution is 5.86. The Labute approximate surface area is 200 Å². The first-order valence-electron chi connectivity index (χ1n) is 12.8. The number of rotatable bonds is 22. The van der Waals surface area contributed by atoms with Crippen LogP contribution >= 0.6 is 0 Å². The molecule has 0 aliphatic carbocycles. The van der Waals surface area contributed by atoms with Crippen molar-refractivity contribution in [1.82, 2.24) is 10.6 Å². The van der Waals surface area contributed by atoms with E-state index in [0.29, 0.717) is 32.2 Å². The van der Waals surface area contributed by atoms with E-state index >= 15 is 0 Å². The van der Waals surface area contributed by atoms with Gasteiger partial charge in [0.15, 0.2) is 0 Å². The Balaban J connectivity index is 3.83. The summed E-state index contributed by atoms with van der Waals surface area (Å²) in [6.45, 7) is 6.36. The van der Waals surface area contributed by atoms with Crippen LogP contribution in [0.3, 0.4) is 0 Å². The molecule has 0 rings (SSSR count). The second kappa shape index (κ2) is 19.8. The standard InChI is InChI=1S/C25H49N3O5/c1-4-5-6-7-8-9-10-11-12-16-23(31)28-21(24(26)32)15-13-14-18-27-22(30)17-19-33-25(2,3)20-29/h21,29H,4-20H2,1-3H3,(H2,26,32)(H,27,30)(H,28,31). The van der Waals surface area contributed by atoms with E-state index in [1.165, 1.54) is 38.5 Å². The van der Waals surface area contributed by atoms with Crippen molar-refractivity contribution in [3.8, 4) is 0 Å². The zero-order valence-electron chi connectivity index (χ0n) is 21.3. The molecule has 0 saturated carbocycles. The molecule has 0 saturated heterocycles. The lowest BCUT2D eigenvalue weighted by molar-refractivity contribution is -0.127. The van der Waals surface area contributed by atoms with Crippen LogP contribution in [-0.4, -0.2) is 54.2 Å². The SMILES string of the molecule is CCCCCCCCCCCC(=O)NC(CCCCNC(=O)CCOC(C)(C)CO)C(N)=O. The fourth-order valence-corrected chi connectivity index (χ4v) is 3.40. The van der Waals surface area contributed by atoms with Crippen molar-refractivity contribution in [3.63, 3.8) is 0 Å². The zero-order valence-corrected chi connectivity index (χ0v) is 21.3. The second-order valence-electron chi connectivity index (χ2n) is 9.46. The number of hydrogen-bond acceptors (Lipinski definition) is 5. The summed E-state index contributed by atoms with van der Waals surface area (Å²) in [6, 6.07) is -0.666. The van der Waals surface area contributed by atoms with Crippen molar-refractivity contribution in [2.45, 2.75) is 122 Å². The third-order valence-electron chi connectivity index (χ3n) is 5.63. The number of hydrogen-bond donors (Lipinski definition) is 4. The number of nitrogens with one attached hydrogen (secondary N) is 2. The molecule has 5 N–H and O–H groups in total. The number of aliphatic hydroxyl groups excluding tert-OH is 1. The van der Waals surface area contributed by atoms with Gasteiger partial charge in [-0.05, 0) is 39.5 Å². The molecule has 1 unspecified atom stereocenters. The van der Waals surface area contributed by atoms with Crippen LogP contribution < -0.4 is 16.4 Å². The topological polar surface area (TPSA) is 131 Å². The summed E-state index contributed by atoms with van der Waals surface area (Å²) in [7, 11) is 0. The van der Waals surface area contributed by atoms with Gasteiger partial charge in [0.05, 0.1) is 18.8 Å². The molecule has 0 aromatic rings. The number of carbonyl (C=O) groups excluding carboxylic acids is 3. The Morgan fingerprint density at radius 1 is 0.879 bits per heavy atom. The minimum Gasteiger partial charge on any atom is -0.393 e. The average Bonchev–Trinajstić information content (AvgIpc) is 2.76. The summed E-state index contributed by atoms with van der Waals surface area (Å²) in [5.41, 5.74) is 4.79. The first-order valence-corrected chi connectivity index (χ1v) is 12.8. The number of amides is 3. The van der Waals surface area contributed by atoms with Crippen LogP contribution in [0.4, 0.5) is 0 Å². The van der Waals surface area contributed by atoms with Crippen LogP contribution in [-0.2, 0) is 19.1 Å². The Morgan fingerprint density at radius 3 is 2.06 bits per heavy atom. The molecule has 0 aliphatic rings. The van der Waals surface area contributed by atoms with Crippen molar-refractivity contribution in [1.29, 1.82) is 0 Å². The molecule has 0 bridgehead atoms. The Morgan fingerprint density at radius 2 is 1.48 bits per heavy atom. The van der Waals surface area contributed by atoms with Crippen molar-refractivity contribution in [2.24, 2.45) is 5.73 Å². The molecular formula is C25H49N3O5. The molecule has 0 aromatic carbocycles. The van der Waals surface area contributed by atoms with Crippen LogP contribution in [0.25, 0.3) is 0 Å². The minimum atomic E-state index is -0.666. The van der Waals surface area contributed by atoms with E-state index in [4.69, 9.17) is 15.6 Å². The fourth-order valence-electron chi connectivity index (χ4n) is 3.40. The summed E-state index contributed by atoms with van der Waals surface area (Å²) in [5, 5.41) is 14.7. The molecule has 8 heteroatoms. The number of nitrogens with two attached hydrogens (primary N) is 1. The van der Waals surface area contributed by atoms with Gasteiger partial charge in [-0.3, -0.25) is 14.4 Å². The van der Waals surface area contributed by atoms with Gasteiger partial charge in [-0.25, -0.2) is 0 Å². The van der Waals surface area contributed by atoms with Gasteiger partial charge in [0, 0.05) is 19.4 Å². The molecule has 0 aromatic heterocycles. The highest BCUT2D eigenvalue weighted by atomic mass is 16.5. The Hall–Kier alpha value is -1.67. The van der Waals surface area contributed by atoms with E-state index in [1.54, 1.807) is 13.8 Å². The predicted molar refractivity (Wildman–Crippen MR) is 132 cm³/mol. The van der Waals surface area contributed by atoms with Gasteiger partial charge in [-0.1, -0.05) is 58.3 Å². The van der Waals surface area contributed by atoms with E-state index in [1.807, 2.05) is 0 Å². The van der Waals surface area contributed by atoms with E-state index in [-0.39, 0.29) is 31.4 Å². The van der Waals surface area contributed by atoms with Crippen molar-refractivity contribution in [2.75, 3.05) is 19.8 Å². The maximum Gasteiger partial charge on any atom is 0.239 e. The molecule has 0 aliphatic heterocycles. The lowest BCUT2D eigenvalue weighted by Gasteiger charge is -2.22. The van der Waals surface area contributed by atoms with Gasteiger partial charge >= 0.3 is 0 Å². The smallest absolute Gasteiger partial charge is 0.239 e. The summed E-state index contributed by atoms with van der Waals surface area (Å²) < 4.78 is 5.43. The third-order valence-corrected chi connectivity index (χ3v) is 5.63. The third kappa shape index (κ3) is 19.5. The number of ether oxygens (including phenoxy) is 1. The van der Waals surface area contributed by atoms with E-state index in [9.17, 15) is 14.4 Å². The van der Waals surface area contributed by atoms with Gasteiger partial charge in [0.1, 0.15) is 6.04 Å². The molecule has 0 spiro atoms. The molecule has 194 valence electrons. The quantitative estimate of drug-likeness (QED) is 0.180. The van der Waals surface area contributed by atoms with E-state index < -0.39 is 17.6 Å². The summed E-state index contributed by atoms with van der Waals surface area (Å²) in [4.78, 5) is 35.6. The Kier molecular flexibility index (Phi) is 18.8. The molecule has 0 heterocycles. The molecule has 3 amide bonds. The minimum absolute atomic E-state index is 0.106. The molecule has 0 fully saturated rings. The van der Waals surface area contributed by atoms with Crippen LogP contribution in [0.15, 0.2) is 0 Å². The maximum atomic E-state index is 12.1. The van der Waals surface area contributed by atoms with E-state index in [0.717, 1.165) is 19.3 Å². The number of unbranched alkanes of at least 4 members (excludes halogenated alkanes) is 9. The van der Waals surface area contributed by atoms with E-state index in [2.05, 4.69) is 17.6 Å². The molecule has 8 nitrogen and oxygen atoms in total.